The van der Waals surface area contributed by atoms with Gasteiger partial charge in [0.05, 0.1) is 5.52 Å². The van der Waals surface area contributed by atoms with E-state index < -0.39 is 0 Å². The number of nitrogens with zero attached hydrogens (tertiary/aromatic N) is 1. The van der Waals surface area contributed by atoms with E-state index >= 15 is 0 Å². The summed E-state index contributed by atoms with van der Waals surface area (Å²) >= 11 is 6.02. The monoisotopic (exact) mass is 282 g/mol. The van der Waals surface area contributed by atoms with Gasteiger partial charge in [-0.25, -0.2) is 0 Å². The lowest BCUT2D eigenvalue weighted by Crippen LogP contribution is -1.94. The first kappa shape index (κ1) is 12.9. The molecule has 1 N–H and O–H groups in total. The van der Waals surface area contributed by atoms with Crippen LogP contribution < -0.4 is 5.32 Å². The van der Waals surface area contributed by atoms with Crippen LogP contribution in [0, 0.1) is 13.8 Å². The van der Waals surface area contributed by atoms with Crippen molar-refractivity contribution in [3.63, 3.8) is 0 Å². The topological polar surface area (TPSA) is 24.9 Å². The van der Waals surface area contributed by atoms with Gasteiger partial charge in [0.25, 0.3) is 0 Å². The second kappa shape index (κ2) is 5.14. The van der Waals surface area contributed by atoms with Crippen molar-refractivity contribution in [1.29, 1.82) is 0 Å². The number of anilines is 2. The van der Waals surface area contributed by atoms with Gasteiger partial charge in [0.15, 0.2) is 0 Å². The Labute approximate surface area is 123 Å². The predicted octanol–water partition coefficient (Wildman–Crippen LogP) is 5.25. The minimum absolute atomic E-state index is 0.723. The first-order valence-corrected chi connectivity index (χ1v) is 6.90. The molecule has 0 aliphatic heterocycles. The van der Waals surface area contributed by atoms with Crippen LogP contribution in [0.3, 0.4) is 0 Å². The minimum Gasteiger partial charge on any atom is -0.355 e. The van der Waals surface area contributed by atoms with Crippen LogP contribution in [0.4, 0.5) is 11.4 Å². The molecule has 0 aliphatic carbocycles. The summed E-state index contributed by atoms with van der Waals surface area (Å²) in [5.41, 5.74) is 5.53. The zero-order valence-electron chi connectivity index (χ0n) is 11.4. The zero-order valence-corrected chi connectivity index (χ0v) is 12.2. The van der Waals surface area contributed by atoms with Gasteiger partial charge in [0.1, 0.15) is 0 Å². The summed E-state index contributed by atoms with van der Waals surface area (Å²) in [6, 6.07) is 13.9. The predicted molar refractivity (Wildman–Crippen MR) is 86.0 cm³/mol. The molecule has 0 fully saturated rings. The molecule has 0 radical (unpaired) electrons. The van der Waals surface area contributed by atoms with Crippen molar-refractivity contribution in [2.45, 2.75) is 13.8 Å². The van der Waals surface area contributed by atoms with E-state index in [1.54, 1.807) is 0 Å². The molecule has 0 atom stereocenters. The molecule has 100 valence electrons. The Bertz CT molecular complexity index is 781. The van der Waals surface area contributed by atoms with Crippen LogP contribution in [0.1, 0.15) is 11.1 Å². The van der Waals surface area contributed by atoms with Crippen LogP contribution in [0.2, 0.25) is 5.02 Å². The summed E-state index contributed by atoms with van der Waals surface area (Å²) in [4.78, 5) is 4.50. The van der Waals surface area contributed by atoms with Gasteiger partial charge in [-0.05, 0) is 49.2 Å². The molecule has 3 heteroatoms. The highest BCUT2D eigenvalue weighted by molar-refractivity contribution is 6.30. The standard InChI is InChI=1S/C17H15ClN2/c1-11-6-7-15-16(8-9-19-17(15)12(11)2)20-14-5-3-4-13(18)10-14/h3-10H,1-2H3,(H,19,20). The number of hydrogen-bond acceptors (Lipinski definition) is 2. The summed E-state index contributed by atoms with van der Waals surface area (Å²) in [6.45, 7) is 4.21. The highest BCUT2D eigenvalue weighted by Crippen LogP contribution is 2.28. The van der Waals surface area contributed by atoms with E-state index in [4.69, 9.17) is 11.6 Å². The van der Waals surface area contributed by atoms with E-state index in [1.165, 1.54) is 11.1 Å². The summed E-state index contributed by atoms with van der Waals surface area (Å²) in [7, 11) is 0. The number of halogens is 1. The average molecular weight is 283 g/mol. The van der Waals surface area contributed by atoms with Gasteiger partial charge in [0, 0.05) is 28.0 Å². The van der Waals surface area contributed by atoms with Crippen LogP contribution in [0.15, 0.2) is 48.7 Å². The summed E-state index contributed by atoms with van der Waals surface area (Å²) in [5.74, 6) is 0. The van der Waals surface area contributed by atoms with Gasteiger partial charge in [0.2, 0.25) is 0 Å². The van der Waals surface area contributed by atoms with Crippen LogP contribution in [0.5, 0.6) is 0 Å². The van der Waals surface area contributed by atoms with Crippen LogP contribution >= 0.6 is 11.6 Å². The molecule has 0 unspecified atom stereocenters. The Morgan fingerprint density at radius 3 is 2.70 bits per heavy atom. The van der Waals surface area contributed by atoms with Gasteiger partial charge in [-0.3, -0.25) is 4.98 Å². The molecule has 3 aromatic rings. The molecular formula is C17H15ClN2. The number of hydrogen-bond donors (Lipinski definition) is 1. The van der Waals surface area contributed by atoms with Crippen LogP contribution in [0.25, 0.3) is 10.9 Å². The lowest BCUT2D eigenvalue weighted by atomic mass is 10.0. The van der Waals surface area contributed by atoms with Crippen LogP contribution in [-0.2, 0) is 0 Å². The smallest absolute Gasteiger partial charge is 0.0754 e. The highest BCUT2D eigenvalue weighted by atomic mass is 35.5. The Morgan fingerprint density at radius 1 is 1.05 bits per heavy atom. The molecule has 0 aliphatic rings. The first-order chi connectivity index (χ1) is 9.65. The van der Waals surface area contributed by atoms with Gasteiger partial charge >= 0.3 is 0 Å². The van der Waals surface area contributed by atoms with E-state index in [1.807, 2.05) is 36.5 Å². The maximum absolute atomic E-state index is 6.02. The molecule has 0 bridgehead atoms. The van der Waals surface area contributed by atoms with Crippen LogP contribution in [-0.4, -0.2) is 4.98 Å². The number of nitrogens with one attached hydrogen (secondary N) is 1. The van der Waals surface area contributed by atoms with Crippen molar-refractivity contribution in [3.8, 4) is 0 Å². The summed E-state index contributed by atoms with van der Waals surface area (Å²) < 4.78 is 0. The largest absolute Gasteiger partial charge is 0.355 e. The molecule has 20 heavy (non-hydrogen) atoms. The Kier molecular flexibility index (Phi) is 3.33. The SMILES string of the molecule is Cc1ccc2c(Nc3cccc(Cl)c3)ccnc2c1C. The number of pyridine rings is 1. The van der Waals surface area contributed by atoms with Crippen molar-refractivity contribution in [1.82, 2.24) is 4.98 Å². The van der Waals surface area contributed by atoms with E-state index in [0.29, 0.717) is 0 Å². The number of aryl methyl sites for hydroxylation is 2. The Morgan fingerprint density at radius 2 is 1.90 bits per heavy atom. The molecule has 0 spiro atoms. The second-order valence-corrected chi connectivity index (χ2v) is 5.33. The maximum Gasteiger partial charge on any atom is 0.0754 e. The van der Waals surface area contributed by atoms with Gasteiger partial charge < -0.3 is 5.32 Å². The Balaban J connectivity index is 2.10. The normalized spacial score (nSPS) is 10.8. The number of aromatic nitrogens is 1. The molecule has 2 aromatic carbocycles. The number of rotatable bonds is 2. The van der Waals surface area contributed by atoms with Crippen molar-refractivity contribution in [2.24, 2.45) is 0 Å². The maximum atomic E-state index is 6.02. The van der Waals surface area contributed by atoms with Crippen molar-refractivity contribution in [3.05, 3.63) is 64.8 Å². The lowest BCUT2D eigenvalue weighted by molar-refractivity contribution is 1.31. The quantitative estimate of drug-likeness (QED) is 0.694. The van der Waals surface area contributed by atoms with E-state index in [2.05, 4.69) is 36.3 Å². The summed E-state index contributed by atoms with van der Waals surface area (Å²) in [5, 5.41) is 5.25. The Hall–Kier alpha value is -2.06. The van der Waals surface area contributed by atoms with Crippen molar-refractivity contribution < 1.29 is 0 Å². The lowest BCUT2D eigenvalue weighted by Gasteiger charge is -2.12. The van der Waals surface area contributed by atoms with Gasteiger partial charge in [-0.1, -0.05) is 29.8 Å². The number of fused-ring (bicyclic) bond motifs is 1. The third kappa shape index (κ3) is 2.35. The third-order valence-electron chi connectivity index (χ3n) is 3.54. The average Bonchev–Trinajstić information content (AvgIpc) is 2.43. The van der Waals surface area contributed by atoms with E-state index in [0.717, 1.165) is 27.3 Å². The third-order valence-corrected chi connectivity index (χ3v) is 3.78. The van der Waals surface area contributed by atoms with E-state index in [-0.39, 0.29) is 0 Å². The fourth-order valence-electron chi connectivity index (χ4n) is 2.29. The van der Waals surface area contributed by atoms with Gasteiger partial charge in [-0.2, -0.15) is 0 Å². The molecule has 2 nitrogen and oxygen atoms in total. The van der Waals surface area contributed by atoms with Crippen molar-refractivity contribution in [2.75, 3.05) is 5.32 Å². The second-order valence-electron chi connectivity index (χ2n) is 4.90. The zero-order chi connectivity index (χ0) is 14.1. The molecule has 0 saturated heterocycles. The van der Waals surface area contributed by atoms with E-state index in [9.17, 15) is 0 Å². The molecule has 0 saturated carbocycles. The fraction of sp³-hybridized carbons (Fsp3) is 0.118. The highest BCUT2D eigenvalue weighted by Gasteiger charge is 2.06. The van der Waals surface area contributed by atoms with Crippen molar-refractivity contribution >= 4 is 33.9 Å². The molecule has 1 aromatic heterocycles. The number of benzene rings is 2. The minimum atomic E-state index is 0.723. The van der Waals surface area contributed by atoms with Gasteiger partial charge in [-0.15, -0.1) is 0 Å². The molecule has 1 heterocycles. The molecular weight excluding hydrogens is 268 g/mol. The summed E-state index contributed by atoms with van der Waals surface area (Å²) in [6.07, 6.45) is 1.83. The first-order valence-electron chi connectivity index (χ1n) is 6.52. The molecule has 0 amide bonds. The fourth-order valence-corrected chi connectivity index (χ4v) is 2.48. The molecule has 3 rings (SSSR count).